The number of nitrogens with zero attached hydrogens (tertiary/aromatic N) is 2. The minimum absolute atomic E-state index is 0.190. The number of carbonyl (C=O) groups is 1. The first kappa shape index (κ1) is 20.5. The number of aryl methyl sites for hydroxylation is 1. The Morgan fingerprint density at radius 3 is 2.48 bits per heavy atom. The van der Waals surface area contributed by atoms with Gasteiger partial charge >= 0.3 is 0 Å². The summed E-state index contributed by atoms with van der Waals surface area (Å²) in [7, 11) is 0. The maximum absolute atomic E-state index is 12.0. The van der Waals surface area contributed by atoms with Crippen LogP contribution >= 0.6 is 12.2 Å². The molecule has 0 aliphatic rings. The van der Waals surface area contributed by atoms with Gasteiger partial charge in [-0.15, -0.1) is 0 Å². The molecule has 0 spiro atoms. The third-order valence-corrected chi connectivity index (χ3v) is 4.42. The summed E-state index contributed by atoms with van der Waals surface area (Å²) in [5, 5.41) is 7.27. The Kier molecular flexibility index (Phi) is 6.91. The molecule has 1 amide bonds. The number of carbonyl (C=O) groups excluding carboxylic acids is 1. The highest BCUT2D eigenvalue weighted by molar-refractivity contribution is 7.80. The number of benzene rings is 2. The largest absolute Gasteiger partial charge is 0.339 e. The highest BCUT2D eigenvalue weighted by Crippen LogP contribution is 2.17. The van der Waals surface area contributed by atoms with Crippen molar-refractivity contribution in [2.75, 3.05) is 5.32 Å². The molecule has 8 heteroatoms. The van der Waals surface area contributed by atoms with Gasteiger partial charge in [-0.3, -0.25) is 15.6 Å². The quantitative estimate of drug-likeness (QED) is 0.421. The summed E-state index contributed by atoms with van der Waals surface area (Å²) in [6, 6.07) is 17.5. The van der Waals surface area contributed by atoms with Crippen molar-refractivity contribution in [2.24, 2.45) is 0 Å². The first-order valence-electron chi connectivity index (χ1n) is 9.35. The van der Waals surface area contributed by atoms with Gasteiger partial charge in [-0.25, -0.2) is 0 Å². The fourth-order valence-electron chi connectivity index (χ4n) is 2.58. The van der Waals surface area contributed by atoms with Crippen molar-refractivity contribution < 1.29 is 9.32 Å². The number of nitrogens with one attached hydrogen (secondary N) is 3. The predicted octanol–water partition coefficient (Wildman–Crippen LogP) is 3.81. The van der Waals surface area contributed by atoms with E-state index in [0.29, 0.717) is 29.2 Å². The zero-order valence-electron chi connectivity index (χ0n) is 16.3. The molecule has 0 aliphatic carbocycles. The zero-order valence-corrected chi connectivity index (χ0v) is 17.1. The molecule has 0 bridgehead atoms. The Bertz CT molecular complexity index is 955. The molecule has 0 aliphatic heterocycles. The molecule has 0 unspecified atom stereocenters. The zero-order chi connectivity index (χ0) is 20.6. The Hall–Kier alpha value is -3.26. The van der Waals surface area contributed by atoms with E-state index in [4.69, 9.17) is 16.7 Å². The average molecular weight is 410 g/mol. The third kappa shape index (κ3) is 6.11. The van der Waals surface area contributed by atoms with Crippen LogP contribution in [0, 0.1) is 0 Å². The van der Waals surface area contributed by atoms with Crippen molar-refractivity contribution >= 4 is 28.9 Å². The third-order valence-electron chi connectivity index (χ3n) is 4.22. The molecule has 3 N–H and O–H groups in total. The smallest absolute Gasteiger partial charge is 0.238 e. The molecule has 3 rings (SSSR count). The fourth-order valence-corrected chi connectivity index (χ4v) is 2.75. The van der Waals surface area contributed by atoms with Gasteiger partial charge in [0.15, 0.2) is 5.11 Å². The van der Waals surface area contributed by atoms with E-state index >= 15 is 0 Å². The molecule has 0 radical (unpaired) electrons. The number of hydrazine groups is 1. The molecule has 2 aromatic carbocycles. The second kappa shape index (κ2) is 9.79. The minimum atomic E-state index is -0.233. The van der Waals surface area contributed by atoms with Crippen LogP contribution in [-0.2, 0) is 11.2 Å². The van der Waals surface area contributed by atoms with E-state index < -0.39 is 0 Å². The molecule has 3 aromatic rings. The van der Waals surface area contributed by atoms with E-state index in [1.54, 1.807) is 0 Å². The lowest BCUT2D eigenvalue weighted by Crippen LogP contribution is -2.43. The van der Waals surface area contributed by atoms with E-state index in [9.17, 15) is 4.79 Å². The van der Waals surface area contributed by atoms with Gasteiger partial charge in [0.1, 0.15) is 0 Å². The number of anilines is 1. The van der Waals surface area contributed by atoms with Gasteiger partial charge in [-0.1, -0.05) is 61.5 Å². The second-order valence-electron chi connectivity index (χ2n) is 6.78. The van der Waals surface area contributed by atoms with Crippen LogP contribution in [-0.4, -0.2) is 21.2 Å². The van der Waals surface area contributed by atoms with Crippen molar-refractivity contribution in [3.63, 3.8) is 0 Å². The second-order valence-corrected chi connectivity index (χ2v) is 7.19. The summed E-state index contributed by atoms with van der Waals surface area (Å²) < 4.78 is 5.20. The normalized spacial score (nSPS) is 10.6. The molecule has 150 valence electrons. The van der Waals surface area contributed by atoms with Gasteiger partial charge < -0.3 is 9.84 Å². The van der Waals surface area contributed by atoms with E-state index in [0.717, 1.165) is 11.3 Å². The summed E-state index contributed by atoms with van der Waals surface area (Å²) in [6.07, 6.45) is 0.527. The lowest BCUT2D eigenvalue weighted by molar-refractivity contribution is -0.121. The van der Waals surface area contributed by atoms with Gasteiger partial charge in [0.25, 0.3) is 0 Å². The average Bonchev–Trinajstić information content (AvgIpc) is 3.21. The topological polar surface area (TPSA) is 92.1 Å². The number of hydrogen-bond donors (Lipinski definition) is 3. The summed E-state index contributed by atoms with van der Waals surface area (Å²) in [5.74, 6) is 1.15. The molecule has 7 nitrogen and oxygen atoms in total. The summed E-state index contributed by atoms with van der Waals surface area (Å²) in [6.45, 7) is 4.28. The number of hydrogen-bond acceptors (Lipinski definition) is 5. The Morgan fingerprint density at radius 1 is 1.07 bits per heavy atom. The SMILES string of the molecule is CC(C)c1ccc(NC(=S)NNC(=O)CCc2nc(-c3ccccc3)no2)cc1. The van der Waals surface area contributed by atoms with E-state index in [1.165, 1.54) is 5.56 Å². The summed E-state index contributed by atoms with van der Waals surface area (Å²) in [5.41, 5.74) is 8.21. The molecule has 0 fully saturated rings. The number of rotatable bonds is 6. The summed E-state index contributed by atoms with van der Waals surface area (Å²) >= 11 is 5.20. The number of amides is 1. The number of thiocarbonyl (C=S) groups is 1. The van der Waals surface area contributed by atoms with Gasteiger partial charge in [0.2, 0.25) is 17.6 Å². The minimum Gasteiger partial charge on any atom is -0.339 e. The van der Waals surface area contributed by atoms with Crippen LogP contribution in [0.4, 0.5) is 5.69 Å². The van der Waals surface area contributed by atoms with Crippen LogP contribution in [0.3, 0.4) is 0 Å². The van der Waals surface area contributed by atoms with Crippen LogP contribution < -0.4 is 16.2 Å². The first-order valence-corrected chi connectivity index (χ1v) is 9.76. The van der Waals surface area contributed by atoms with Crippen molar-refractivity contribution in [3.05, 3.63) is 66.1 Å². The molecule has 0 saturated carbocycles. The standard InChI is InChI=1S/C21H23N5O2S/c1-14(2)15-8-10-17(11-9-15)22-21(29)25-24-18(27)12-13-19-23-20(26-28-19)16-6-4-3-5-7-16/h3-11,14H,12-13H2,1-2H3,(H,24,27)(H2,22,25,29). The lowest BCUT2D eigenvalue weighted by Gasteiger charge is -2.12. The monoisotopic (exact) mass is 409 g/mol. The van der Waals surface area contributed by atoms with Crippen LogP contribution in [0.1, 0.15) is 37.6 Å². The van der Waals surface area contributed by atoms with Crippen molar-refractivity contribution in [3.8, 4) is 11.4 Å². The van der Waals surface area contributed by atoms with Crippen LogP contribution in [0.5, 0.6) is 0 Å². The summed E-state index contributed by atoms with van der Waals surface area (Å²) in [4.78, 5) is 16.3. The molecule has 1 heterocycles. The predicted molar refractivity (Wildman–Crippen MR) is 116 cm³/mol. The Labute approximate surface area is 174 Å². The number of aromatic nitrogens is 2. The molecular weight excluding hydrogens is 386 g/mol. The maximum atomic E-state index is 12.0. The van der Waals surface area contributed by atoms with Crippen LogP contribution in [0.25, 0.3) is 11.4 Å². The first-order chi connectivity index (χ1) is 14.0. The highest BCUT2D eigenvalue weighted by atomic mass is 32.1. The van der Waals surface area contributed by atoms with E-state index in [-0.39, 0.29) is 12.3 Å². The van der Waals surface area contributed by atoms with Gasteiger partial charge in [0, 0.05) is 24.1 Å². The molecular formula is C21H23N5O2S. The fraction of sp³-hybridized carbons (Fsp3) is 0.238. The molecule has 29 heavy (non-hydrogen) atoms. The Balaban J connectivity index is 1.40. The van der Waals surface area contributed by atoms with Crippen molar-refractivity contribution in [2.45, 2.75) is 32.6 Å². The molecule has 0 saturated heterocycles. The van der Waals surface area contributed by atoms with E-state index in [1.807, 2.05) is 54.6 Å². The lowest BCUT2D eigenvalue weighted by atomic mass is 10.0. The van der Waals surface area contributed by atoms with Crippen molar-refractivity contribution in [1.82, 2.24) is 21.0 Å². The highest BCUT2D eigenvalue weighted by Gasteiger charge is 2.10. The van der Waals surface area contributed by atoms with Crippen LogP contribution in [0.2, 0.25) is 0 Å². The van der Waals surface area contributed by atoms with Gasteiger partial charge in [-0.05, 0) is 35.8 Å². The van der Waals surface area contributed by atoms with Crippen molar-refractivity contribution in [1.29, 1.82) is 0 Å². The maximum Gasteiger partial charge on any atom is 0.238 e. The Morgan fingerprint density at radius 2 is 1.79 bits per heavy atom. The van der Waals surface area contributed by atoms with Gasteiger partial charge in [0.05, 0.1) is 0 Å². The van der Waals surface area contributed by atoms with Gasteiger partial charge in [-0.2, -0.15) is 4.98 Å². The molecule has 1 aromatic heterocycles. The van der Waals surface area contributed by atoms with Crippen LogP contribution in [0.15, 0.2) is 59.1 Å². The van der Waals surface area contributed by atoms with E-state index in [2.05, 4.69) is 40.2 Å². The molecule has 0 atom stereocenters.